The number of carbonyl (C=O) groups is 3. The SMILES string of the molecule is C=CCNc1nc(C(=O)OC(C)C(=O)c2ccc(NC(=O)C(C)(C)C)cc2)cs1. The molecule has 0 spiro atoms. The molecule has 0 aliphatic rings. The number of benzene rings is 1. The molecule has 0 fully saturated rings. The summed E-state index contributed by atoms with van der Waals surface area (Å²) in [4.78, 5) is 40.9. The third-order valence-corrected chi connectivity index (χ3v) is 4.67. The Morgan fingerprint density at radius 2 is 1.90 bits per heavy atom. The Morgan fingerprint density at radius 1 is 1.24 bits per heavy atom. The van der Waals surface area contributed by atoms with Crippen LogP contribution in [0.3, 0.4) is 0 Å². The lowest BCUT2D eigenvalue weighted by Gasteiger charge is -2.18. The van der Waals surface area contributed by atoms with Gasteiger partial charge in [0.2, 0.25) is 11.7 Å². The maximum Gasteiger partial charge on any atom is 0.358 e. The van der Waals surface area contributed by atoms with E-state index < -0.39 is 17.5 Å². The van der Waals surface area contributed by atoms with E-state index in [2.05, 4.69) is 22.2 Å². The number of rotatable bonds is 8. The second kappa shape index (κ2) is 9.47. The number of anilines is 2. The second-order valence-electron chi connectivity index (χ2n) is 7.40. The highest BCUT2D eigenvalue weighted by atomic mass is 32.1. The summed E-state index contributed by atoms with van der Waals surface area (Å²) < 4.78 is 5.25. The van der Waals surface area contributed by atoms with Crippen LogP contribution in [-0.4, -0.2) is 35.3 Å². The molecule has 7 nitrogen and oxygen atoms in total. The standard InChI is InChI=1S/C21H25N3O4S/c1-6-11-22-20-24-16(12-29-20)18(26)28-13(2)17(25)14-7-9-15(10-8-14)23-19(27)21(3,4)5/h6-10,12-13H,1,11H2,2-5H3,(H,22,24)(H,23,27). The molecule has 1 aromatic carbocycles. The summed E-state index contributed by atoms with van der Waals surface area (Å²) in [6, 6.07) is 6.46. The number of nitrogens with one attached hydrogen (secondary N) is 2. The van der Waals surface area contributed by atoms with Crippen molar-refractivity contribution in [2.24, 2.45) is 5.41 Å². The van der Waals surface area contributed by atoms with E-state index in [1.807, 2.05) is 20.8 Å². The number of carbonyl (C=O) groups excluding carboxylic acids is 3. The van der Waals surface area contributed by atoms with Crippen LogP contribution in [0.15, 0.2) is 42.3 Å². The van der Waals surface area contributed by atoms with Crippen molar-refractivity contribution in [2.75, 3.05) is 17.2 Å². The zero-order valence-electron chi connectivity index (χ0n) is 16.9. The number of esters is 1. The van der Waals surface area contributed by atoms with Gasteiger partial charge in [0.1, 0.15) is 0 Å². The number of aromatic nitrogens is 1. The first-order valence-corrected chi connectivity index (χ1v) is 9.97. The van der Waals surface area contributed by atoms with Crippen molar-refractivity contribution < 1.29 is 19.1 Å². The monoisotopic (exact) mass is 415 g/mol. The van der Waals surface area contributed by atoms with Crippen molar-refractivity contribution >= 4 is 39.8 Å². The Hall–Kier alpha value is -3.00. The molecular formula is C21H25N3O4S. The van der Waals surface area contributed by atoms with E-state index in [4.69, 9.17) is 4.74 Å². The Kier molecular flexibility index (Phi) is 7.28. The summed E-state index contributed by atoms with van der Waals surface area (Å²) in [5, 5.41) is 7.92. The van der Waals surface area contributed by atoms with Gasteiger partial charge in [0.05, 0.1) is 0 Å². The van der Waals surface area contributed by atoms with Crippen molar-refractivity contribution in [3.63, 3.8) is 0 Å². The van der Waals surface area contributed by atoms with Crippen LogP contribution in [-0.2, 0) is 9.53 Å². The summed E-state index contributed by atoms with van der Waals surface area (Å²) in [6.45, 7) is 11.1. The van der Waals surface area contributed by atoms with Crippen molar-refractivity contribution in [1.29, 1.82) is 0 Å². The normalized spacial score (nSPS) is 12.0. The van der Waals surface area contributed by atoms with Crippen LogP contribution in [0.1, 0.15) is 48.5 Å². The predicted octanol–water partition coefficient (Wildman–Crippen LogP) is 4.15. The molecule has 1 aromatic heterocycles. The van der Waals surface area contributed by atoms with Crippen LogP contribution in [0.4, 0.5) is 10.8 Å². The fraction of sp³-hybridized carbons (Fsp3) is 0.333. The molecule has 1 unspecified atom stereocenters. The van der Waals surface area contributed by atoms with Gasteiger partial charge in [-0.2, -0.15) is 0 Å². The first kappa shape index (κ1) is 22.3. The fourth-order valence-electron chi connectivity index (χ4n) is 2.15. The Morgan fingerprint density at radius 3 is 2.48 bits per heavy atom. The summed E-state index contributed by atoms with van der Waals surface area (Å²) >= 11 is 1.27. The smallest absolute Gasteiger partial charge is 0.358 e. The Balaban J connectivity index is 1.97. The van der Waals surface area contributed by atoms with Crippen molar-refractivity contribution in [3.8, 4) is 0 Å². The zero-order valence-corrected chi connectivity index (χ0v) is 17.8. The van der Waals surface area contributed by atoms with Gasteiger partial charge in [-0.05, 0) is 31.2 Å². The van der Waals surface area contributed by atoms with E-state index in [-0.39, 0.29) is 17.4 Å². The molecule has 0 bridgehead atoms. The molecule has 2 aromatic rings. The number of ketones is 1. The van der Waals surface area contributed by atoms with Crippen LogP contribution in [0.5, 0.6) is 0 Å². The molecule has 29 heavy (non-hydrogen) atoms. The maximum atomic E-state index is 12.5. The van der Waals surface area contributed by atoms with Crippen LogP contribution in [0, 0.1) is 5.41 Å². The first-order valence-electron chi connectivity index (χ1n) is 9.09. The van der Waals surface area contributed by atoms with Crippen molar-refractivity contribution in [1.82, 2.24) is 4.98 Å². The molecule has 0 aliphatic heterocycles. The van der Waals surface area contributed by atoms with Gasteiger partial charge in [0, 0.05) is 28.6 Å². The quantitative estimate of drug-likeness (QED) is 0.382. The molecule has 0 aliphatic carbocycles. The molecule has 2 N–H and O–H groups in total. The lowest BCUT2D eigenvalue weighted by molar-refractivity contribution is -0.123. The summed E-state index contributed by atoms with van der Waals surface area (Å²) in [7, 11) is 0. The van der Waals surface area contributed by atoms with Gasteiger partial charge in [-0.25, -0.2) is 9.78 Å². The van der Waals surface area contributed by atoms with E-state index in [1.165, 1.54) is 18.3 Å². The number of nitrogens with zero attached hydrogens (tertiary/aromatic N) is 1. The average Bonchev–Trinajstić information content (AvgIpc) is 3.14. The molecule has 154 valence electrons. The summed E-state index contributed by atoms with van der Waals surface area (Å²) in [5.74, 6) is -1.13. The van der Waals surface area contributed by atoms with E-state index in [0.717, 1.165) is 0 Å². The van der Waals surface area contributed by atoms with Crippen LogP contribution in [0.2, 0.25) is 0 Å². The molecule has 8 heteroatoms. The van der Waals surface area contributed by atoms with Crippen LogP contribution >= 0.6 is 11.3 Å². The van der Waals surface area contributed by atoms with E-state index in [0.29, 0.717) is 22.9 Å². The Bertz CT molecular complexity index is 897. The lowest BCUT2D eigenvalue weighted by Crippen LogP contribution is -2.27. The zero-order chi connectivity index (χ0) is 21.6. The Labute approximate surface area is 174 Å². The molecule has 0 saturated carbocycles. The molecule has 0 radical (unpaired) electrons. The minimum absolute atomic E-state index is 0.121. The number of Topliss-reactive ketones (excluding diaryl/α,β-unsaturated/α-hetero) is 1. The third kappa shape index (κ3) is 6.25. The topological polar surface area (TPSA) is 97.4 Å². The number of hydrogen-bond acceptors (Lipinski definition) is 7. The predicted molar refractivity (Wildman–Crippen MR) is 115 cm³/mol. The number of ether oxygens (including phenoxy) is 1. The van der Waals surface area contributed by atoms with Gasteiger partial charge in [-0.3, -0.25) is 9.59 Å². The molecule has 1 atom stereocenters. The van der Waals surface area contributed by atoms with Gasteiger partial charge in [0.15, 0.2) is 16.9 Å². The van der Waals surface area contributed by atoms with Gasteiger partial charge >= 0.3 is 5.97 Å². The minimum atomic E-state index is -0.969. The van der Waals surface area contributed by atoms with E-state index in [1.54, 1.807) is 35.7 Å². The molecule has 1 heterocycles. The van der Waals surface area contributed by atoms with E-state index >= 15 is 0 Å². The van der Waals surface area contributed by atoms with Gasteiger partial charge in [-0.1, -0.05) is 26.8 Å². The largest absolute Gasteiger partial charge is 0.450 e. The van der Waals surface area contributed by atoms with Crippen LogP contribution in [0.25, 0.3) is 0 Å². The molecule has 2 rings (SSSR count). The highest BCUT2D eigenvalue weighted by molar-refractivity contribution is 7.13. The fourth-order valence-corrected chi connectivity index (χ4v) is 2.84. The highest BCUT2D eigenvalue weighted by Crippen LogP contribution is 2.19. The number of thiazole rings is 1. The van der Waals surface area contributed by atoms with Gasteiger partial charge in [-0.15, -0.1) is 17.9 Å². The first-order chi connectivity index (χ1) is 13.6. The second-order valence-corrected chi connectivity index (χ2v) is 8.26. The van der Waals surface area contributed by atoms with E-state index in [9.17, 15) is 14.4 Å². The summed E-state index contributed by atoms with van der Waals surface area (Å²) in [6.07, 6.45) is 0.712. The van der Waals surface area contributed by atoms with Crippen LogP contribution < -0.4 is 10.6 Å². The molecule has 1 amide bonds. The van der Waals surface area contributed by atoms with Gasteiger partial charge in [0.25, 0.3) is 0 Å². The number of hydrogen-bond donors (Lipinski definition) is 2. The third-order valence-electron chi connectivity index (χ3n) is 3.87. The molecule has 0 saturated heterocycles. The maximum absolute atomic E-state index is 12.5. The highest BCUT2D eigenvalue weighted by Gasteiger charge is 2.23. The average molecular weight is 416 g/mol. The lowest BCUT2D eigenvalue weighted by atomic mass is 9.95. The minimum Gasteiger partial charge on any atom is -0.450 e. The van der Waals surface area contributed by atoms with Gasteiger partial charge < -0.3 is 15.4 Å². The van der Waals surface area contributed by atoms with Crippen molar-refractivity contribution in [3.05, 3.63) is 53.6 Å². The molecular weight excluding hydrogens is 390 g/mol. The number of amides is 1. The summed E-state index contributed by atoms with van der Waals surface area (Å²) in [5.41, 5.74) is 0.591. The van der Waals surface area contributed by atoms with Crippen molar-refractivity contribution in [2.45, 2.75) is 33.8 Å².